The molecule has 0 saturated carbocycles. The molecule has 0 bridgehead atoms. The molecule has 0 saturated heterocycles. The second-order valence-electron chi connectivity index (χ2n) is 7.15. The van der Waals surface area contributed by atoms with Crippen LogP contribution >= 0.6 is 11.6 Å². The van der Waals surface area contributed by atoms with Crippen molar-refractivity contribution in [3.8, 4) is 0 Å². The molecule has 32 heavy (non-hydrogen) atoms. The molecule has 9 nitrogen and oxygen atoms in total. The van der Waals surface area contributed by atoms with Crippen molar-refractivity contribution in [3.63, 3.8) is 0 Å². The van der Waals surface area contributed by atoms with Crippen LogP contribution in [0, 0.1) is 0 Å². The molecule has 0 radical (unpaired) electrons. The lowest BCUT2D eigenvalue weighted by Gasteiger charge is -2.23. The van der Waals surface area contributed by atoms with Gasteiger partial charge in [-0.3, -0.25) is 10.2 Å². The number of halogens is 1. The summed E-state index contributed by atoms with van der Waals surface area (Å²) in [5.41, 5.74) is 5.40. The number of nitrogens with one attached hydrogen (secondary N) is 3. The van der Waals surface area contributed by atoms with Gasteiger partial charge in [-0.1, -0.05) is 42.8 Å². The molecule has 5 rings (SSSR count). The predicted molar refractivity (Wildman–Crippen MR) is 125 cm³/mol. The first-order valence-electron chi connectivity index (χ1n) is 10.1. The van der Waals surface area contributed by atoms with Crippen LogP contribution in [0.1, 0.15) is 25.2 Å². The molecule has 3 heterocycles. The maximum atomic E-state index is 13.5. The van der Waals surface area contributed by atoms with E-state index in [2.05, 4.69) is 30.7 Å². The Kier molecular flexibility index (Phi) is 5.16. The Balaban J connectivity index is 1.67. The first kappa shape index (κ1) is 20.0. The number of hydrogen-bond acceptors (Lipinski definition) is 7. The summed E-state index contributed by atoms with van der Waals surface area (Å²) >= 11 is 6.36. The molecule has 0 unspecified atom stereocenters. The van der Waals surface area contributed by atoms with E-state index in [0.717, 1.165) is 5.69 Å². The Hall–Kier alpha value is -3.98. The smallest absolute Gasteiger partial charge is 0.281 e. The number of anilines is 2. The Morgan fingerprint density at radius 1 is 1.09 bits per heavy atom. The third-order valence-corrected chi connectivity index (χ3v) is 5.45. The number of aromatic nitrogens is 6. The van der Waals surface area contributed by atoms with Gasteiger partial charge in [-0.2, -0.15) is 0 Å². The molecule has 3 N–H and O–H groups in total. The molecule has 0 fully saturated rings. The van der Waals surface area contributed by atoms with Gasteiger partial charge < -0.3 is 10.3 Å². The highest BCUT2D eigenvalue weighted by molar-refractivity contribution is 6.35. The molecule has 0 aliphatic heterocycles. The molecule has 160 valence electrons. The zero-order valence-electron chi connectivity index (χ0n) is 17.1. The lowest BCUT2D eigenvalue weighted by Crippen LogP contribution is -2.34. The topological polar surface area (TPSA) is 113 Å². The van der Waals surface area contributed by atoms with Crippen LogP contribution in [-0.4, -0.2) is 29.6 Å². The molecule has 0 aliphatic carbocycles. The first-order valence-corrected chi connectivity index (χ1v) is 10.5. The summed E-state index contributed by atoms with van der Waals surface area (Å²) in [6.07, 6.45) is 3.65. The van der Waals surface area contributed by atoms with Crippen LogP contribution in [0.2, 0.25) is 5.02 Å². The fraction of sp³-hybridized carbons (Fsp3) is 0.136. The highest BCUT2D eigenvalue weighted by Crippen LogP contribution is 2.26. The number of H-pyrrole nitrogens is 1. The number of fused-ring (bicyclic) bond motifs is 2. The summed E-state index contributed by atoms with van der Waals surface area (Å²) in [6.45, 7) is 2.00. The largest absolute Gasteiger partial charge is 0.358 e. The number of para-hydroxylation sites is 1. The van der Waals surface area contributed by atoms with Gasteiger partial charge in [0.2, 0.25) is 0 Å². The number of rotatable bonds is 6. The van der Waals surface area contributed by atoms with Crippen LogP contribution in [0.4, 0.5) is 11.5 Å². The summed E-state index contributed by atoms with van der Waals surface area (Å²) in [5.74, 6) is 1.05. The van der Waals surface area contributed by atoms with Gasteiger partial charge in [0.15, 0.2) is 17.3 Å². The fourth-order valence-corrected chi connectivity index (χ4v) is 3.83. The molecule has 0 spiro atoms. The molecule has 2 aromatic carbocycles. The van der Waals surface area contributed by atoms with E-state index in [0.29, 0.717) is 45.2 Å². The lowest BCUT2D eigenvalue weighted by molar-refractivity contribution is 0.641. The van der Waals surface area contributed by atoms with Crippen molar-refractivity contribution < 1.29 is 0 Å². The fourth-order valence-electron chi connectivity index (χ4n) is 3.57. The van der Waals surface area contributed by atoms with Gasteiger partial charge in [-0.25, -0.2) is 24.6 Å². The van der Waals surface area contributed by atoms with Crippen LogP contribution in [0.15, 0.2) is 66.0 Å². The maximum Gasteiger partial charge on any atom is 0.281 e. The Labute approximate surface area is 187 Å². The highest BCUT2D eigenvalue weighted by Gasteiger charge is 2.22. The van der Waals surface area contributed by atoms with Crippen molar-refractivity contribution in [3.05, 3.63) is 82.4 Å². The Morgan fingerprint density at radius 3 is 2.75 bits per heavy atom. The van der Waals surface area contributed by atoms with Gasteiger partial charge in [0, 0.05) is 0 Å². The van der Waals surface area contributed by atoms with Gasteiger partial charge in [-0.15, -0.1) is 0 Å². The number of benzene rings is 2. The maximum absolute atomic E-state index is 13.5. The summed E-state index contributed by atoms with van der Waals surface area (Å²) in [5, 5.41) is 4.08. The van der Waals surface area contributed by atoms with E-state index in [-0.39, 0.29) is 11.6 Å². The van der Waals surface area contributed by atoms with Crippen LogP contribution < -0.4 is 16.3 Å². The monoisotopic (exact) mass is 446 g/mol. The zero-order valence-corrected chi connectivity index (χ0v) is 17.8. The molecule has 1 atom stereocenters. The van der Waals surface area contributed by atoms with E-state index >= 15 is 0 Å². The van der Waals surface area contributed by atoms with Gasteiger partial charge in [-0.05, 0) is 30.7 Å². The third-order valence-electron chi connectivity index (χ3n) is 5.14. The van der Waals surface area contributed by atoms with E-state index in [1.165, 1.54) is 11.0 Å². The van der Waals surface area contributed by atoms with Crippen molar-refractivity contribution >= 4 is 45.2 Å². The Bertz CT molecular complexity index is 1460. The van der Waals surface area contributed by atoms with Gasteiger partial charge in [0.25, 0.3) is 5.56 Å². The average molecular weight is 447 g/mol. The molecular formula is C22H19ClN8O. The minimum absolute atomic E-state index is 0.285. The Morgan fingerprint density at radius 2 is 1.94 bits per heavy atom. The SMILES string of the molecule is CC[C@H](Nc1ncnc2[nH]cnc12)c1nc2cccc(Cl)c2c(=O)n1Nc1ccccc1. The number of aromatic amines is 1. The van der Waals surface area contributed by atoms with Gasteiger partial charge in [0.05, 0.1) is 34.0 Å². The van der Waals surface area contributed by atoms with Crippen molar-refractivity contribution in [1.29, 1.82) is 0 Å². The van der Waals surface area contributed by atoms with E-state index < -0.39 is 0 Å². The molecule has 5 aromatic rings. The number of hydrogen-bond donors (Lipinski definition) is 3. The van der Waals surface area contributed by atoms with Crippen molar-refractivity contribution in [2.75, 3.05) is 10.7 Å². The van der Waals surface area contributed by atoms with E-state index in [1.807, 2.05) is 37.3 Å². The molecule has 0 aliphatic rings. The van der Waals surface area contributed by atoms with E-state index in [1.54, 1.807) is 24.5 Å². The van der Waals surface area contributed by atoms with E-state index in [9.17, 15) is 4.79 Å². The van der Waals surface area contributed by atoms with Gasteiger partial charge in [0.1, 0.15) is 11.8 Å². The summed E-state index contributed by atoms with van der Waals surface area (Å²) in [7, 11) is 0. The predicted octanol–water partition coefficient (Wildman–Crippen LogP) is 4.15. The zero-order chi connectivity index (χ0) is 22.1. The minimum atomic E-state index is -0.350. The normalized spacial score (nSPS) is 12.2. The van der Waals surface area contributed by atoms with E-state index in [4.69, 9.17) is 16.6 Å². The third kappa shape index (κ3) is 3.52. The first-order chi connectivity index (χ1) is 15.7. The second kappa shape index (κ2) is 8.27. The average Bonchev–Trinajstić information content (AvgIpc) is 3.30. The summed E-state index contributed by atoms with van der Waals surface area (Å²) < 4.78 is 1.44. The van der Waals surface area contributed by atoms with Crippen molar-refractivity contribution in [2.24, 2.45) is 0 Å². The van der Waals surface area contributed by atoms with Crippen LogP contribution in [-0.2, 0) is 0 Å². The number of imidazole rings is 1. The highest BCUT2D eigenvalue weighted by atomic mass is 35.5. The van der Waals surface area contributed by atoms with Crippen LogP contribution in [0.25, 0.3) is 22.1 Å². The summed E-state index contributed by atoms with van der Waals surface area (Å²) in [4.78, 5) is 34.1. The molecular weight excluding hydrogens is 428 g/mol. The minimum Gasteiger partial charge on any atom is -0.358 e. The van der Waals surface area contributed by atoms with Crippen molar-refractivity contribution in [1.82, 2.24) is 29.6 Å². The molecule has 3 aromatic heterocycles. The van der Waals surface area contributed by atoms with Gasteiger partial charge >= 0.3 is 0 Å². The molecule has 0 amide bonds. The van der Waals surface area contributed by atoms with Crippen LogP contribution in [0.5, 0.6) is 0 Å². The molecule has 10 heteroatoms. The standard InChI is InChI=1S/C22H19ClN8O/c1-2-15(28-20-18-19(25-11-24-18)26-12-27-20)21-29-16-10-6-9-14(23)17(16)22(32)31(21)30-13-7-4-3-5-8-13/h3-12,15,30H,2H2,1H3,(H2,24,25,26,27,28)/t15-/m0/s1. The quantitative estimate of drug-likeness (QED) is 0.359. The van der Waals surface area contributed by atoms with Crippen molar-refractivity contribution in [2.45, 2.75) is 19.4 Å². The summed E-state index contributed by atoms with van der Waals surface area (Å²) in [6, 6.07) is 14.3. The van der Waals surface area contributed by atoms with Crippen LogP contribution in [0.3, 0.4) is 0 Å². The lowest BCUT2D eigenvalue weighted by atomic mass is 10.1. The second-order valence-corrected chi connectivity index (χ2v) is 7.56. The number of nitrogens with zero attached hydrogens (tertiary/aromatic N) is 5.